The summed E-state index contributed by atoms with van der Waals surface area (Å²) in [7, 11) is 0. The predicted molar refractivity (Wildman–Crippen MR) is 29.9 cm³/mol. The summed E-state index contributed by atoms with van der Waals surface area (Å²) in [6.45, 7) is 2.12. The Morgan fingerprint density at radius 1 is 1.62 bits per heavy atom. The quantitative estimate of drug-likeness (QED) is 0.379. The molecule has 0 atom stereocenters. The minimum Gasteiger partial charge on any atom is -0.374 e. The highest BCUT2D eigenvalue weighted by Crippen LogP contribution is 2.01. The standard InChI is InChI=1S/C5H8N2O/c6-5(8)1-2-7-3-4-7/h1-2H,3-4H2,(H2,6,8). The zero-order valence-electron chi connectivity index (χ0n) is 4.50. The third-order valence-corrected chi connectivity index (χ3v) is 0.931. The van der Waals surface area contributed by atoms with Crippen LogP contribution in [0, 0.1) is 0 Å². The molecule has 1 fully saturated rings. The lowest BCUT2D eigenvalue weighted by Crippen LogP contribution is -2.06. The van der Waals surface area contributed by atoms with Crippen LogP contribution in [0.3, 0.4) is 0 Å². The fourth-order valence-electron chi connectivity index (χ4n) is 0.386. The van der Waals surface area contributed by atoms with Crippen LogP contribution in [-0.2, 0) is 4.79 Å². The Hall–Kier alpha value is -0.990. The van der Waals surface area contributed by atoms with Crippen molar-refractivity contribution >= 4 is 5.91 Å². The molecule has 1 heterocycles. The molecule has 0 aromatic carbocycles. The van der Waals surface area contributed by atoms with Crippen LogP contribution in [0.2, 0.25) is 0 Å². The Balaban J connectivity index is 2.23. The number of rotatable bonds is 2. The molecule has 1 aliphatic heterocycles. The van der Waals surface area contributed by atoms with Crippen molar-refractivity contribution in [1.29, 1.82) is 0 Å². The monoisotopic (exact) mass is 112 g/mol. The van der Waals surface area contributed by atoms with Crippen LogP contribution >= 0.6 is 0 Å². The Kier molecular flexibility index (Phi) is 1.20. The number of hydrogen-bond acceptors (Lipinski definition) is 2. The Morgan fingerprint density at radius 3 is 2.62 bits per heavy atom. The highest BCUT2D eigenvalue weighted by molar-refractivity contribution is 5.85. The molecule has 0 aliphatic carbocycles. The lowest BCUT2D eigenvalue weighted by atomic mass is 10.6. The van der Waals surface area contributed by atoms with E-state index in [0.717, 1.165) is 13.1 Å². The van der Waals surface area contributed by atoms with Crippen molar-refractivity contribution in [2.45, 2.75) is 0 Å². The smallest absolute Gasteiger partial charge is 0.242 e. The van der Waals surface area contributed by atoms with Crippen LogP contribution in [0.5, 0.6) is 0 Å². The minimum atomic E-state index is -0.378. The van der Waals surface area contributed by atoms with Gasteiger partial charge in [0.2, 0.25) is 5.91 Å². The average molecular weight is 112 g/mol. The van der Waals surface area contributed by atoms with Crippen LogP contribution < -0.4 is 5.73 Å². The summed E-state index contributed by atoms with van der Waals surface area (Å²) in [6, 6.07) is 0. The molecule has 44 valence electrons. The number of carbonyl (C=O) groups is 1. The van der Waals surface area contributed by atoms with Gasteiger partial charge in [-0.1, -0.05) is 0 Å². The molecule has 0 unspecified atom stereocenters. The van der Waals surface area contributed by atoms with Gasteiger partial charge in [-0.3, -0.25) is 4.79 Å². The molecule has 1 amide bonds. The van der Waals surface area contributed by atoms with Crippen LogP contribution in [0.25, 0.3) is 0 Å². The van der Waals surface area contributed by atoms with E-state index in [-0.39, 0.29) is 5.91 Å². The van der Waals surface area contributed by atoms with E-state index in [1.165, 1.54) is 6.08 Å². The van der Waals surface area contributed by atoms with Crippen molar-refractivity contribution in [3.63, 3.8) is 0 Å². The summed E-state index contributed by atoms with van der Waals surface area (Å²) in [4.78, 5) is 12.0. The van der Waals surface area contributed by atoms with Crippen LogP contribution in [-0.4, -0.2) is 23.9 Å². The van der Waals surface area contributed by atoms with E-state index in [1.807, 2.05) is 4.90 Å². The maximum atomic E-state index is 10.0. The molecule has 0 bridgehead atoms. The molecule has 0 aromatic rings. The van der Waals surface area contributed by atoms with Gasteiger partial charge in [0.05, 0.1) is 0 Å². The Bertz CT molecular complexity index is 126. The zero-order chi connectivity index (χ0) is 5.98. The second kappa shape index (κ2) is 1.86. The third kappa shape index (κ3) is 1.64. The molecular formula is C5H8N2O. The number of nitrogens with zero attached hydrogens (tertiary/aromatic N) is 1. The number of primary amides is 1. The van der Waals surface area contributed by atoms with Gasteiger partial charge < -0.3 is 10.6 Å². The molecule has 1 rings (SSSR count). The molecule has 8 heavy (non-hydrogen) atoms. The lowest BCUT2D eigenvalue weighted by molar-refractivity contribution is -0.113. The number of hydrogen-bond donors (Lipinski definition) is 1. The topological polar surface area (TPSA) is 46.1 Å². The van der Waals surface area contributed by atoms with E-state index < -0.39 is 0 Å². The van der Waals surface area contributed by atoms with Crippen LogP contribution in [0.1, 0.15) is 0 Å². The first-order valence-electron chi connectivity index (χ1n) is 2.51. The molecule has 0 aromatic heterocycles. The summed E-state index contributed by atoms with van der Waals surface area (Å²) >= 11 is 0. The molecule has 0 saturated carbocycles. The first-order chi connectivity index (χ1) is 3.79. The van der Waals surface area contributed by atoms with Gasteiger partial charge in [0, 0.05) is 25.4 Å². The Morgan fingerprint density at radius 2 is 2.25 bits per heavy atom. The Labute approximate surface area is 47.8 Å². The molecular weight excluding hydrogens is 104 g/mol. The van der Waals surface area contributed by atoms with Crippen molar-refractivity contribution in [3.8, 4) is 0 Å². The summed E-state index contributed by atoms with van der Waals surface area (Å²) in [6.07, 6.45) is 3.08. The highest BCUT2D eigenvalue weighted by Gasteiger charge is 2.10. The zero-order valence-corrected chi connectivity index (χ0v) is 4.50. The summed E-state index contributed by atoms with van der Waals surface area (Å²) < 4.78 is 0. The van der Waals surface area contributed by atoms with Gasteiger partial charge in [0.15, 0.2) is 0 Å². The van der Waals surface area contributed by atoms with Crippen molar-refractivity contribution in [2.24, 2.45) is 5.73 Å². The van der Waals surface area contributed by atoms with Crippen LogP contribution in [0.15, 0.2) is 12.3 Å². The number of carbonyl (C=O) groups excluding carboxylic acids is 1. The van der Waals surface area contributed by atoms with Gasteiger partial charge in [0.1, 0.15) is 0 Å². The average Bonchev–Trinajstić information content (AvgIpc) is 2.41. The van der Waals surface area contributed by atoms with E-state index >= 15 is 0 Å². The first kappa shape index (κ1) is 5.15. The predicted octanol–water partition coefficient (Wildman–Crippen LogP) is -0.699. The van der Waals surface area contributed by atoms with E-state index in [2.05, 4.69) is 0 Å². The van der Waals surface area contributed by atoms with Gasteiger partial charge in [-0.25, -0.2) is 0 Å². The summed E-state index contributed by atoms with van der Waals surface area (Å²) in [5.74, 6) is -0.378. The minimum absolute atomic E-state index is 0.378. The highest BCUT2D eigenvalue weighted by atomic mass is 16.1. The molecule has 3 heteroatoms. The van der Waals surface area contributed by atoms with Gasteiger partial charge >= 0.3 is 0 Å². The fraction of sp³-hybridized carbons (Fsp3) is 0.400. The number of amides is 1. The molecule has 1 saturated heterocycles. The van der Waals surface area contributed by atoms with E-state index in [1.54, 1.807) is 6.20 Å². The second-order valence-corrected chi connectivity index (χ2v) is 1.75. The largest absolute Gasteiger partial charge is 0.374 e. The van der Waals surface area contributed by atoms with Gasteiger partial charge in [-0.2, -0.15) is 0 Å². The van der Waals surface area contributed by atoms with Crippen molar-refractivity contribution in [1.82, 2.24) is 4.90 Å². The molecule has 0 spiro atoms. The maximum absolute atomic E-state index is 10.0. The number of nitrogens with two attached hydrogens (primary N) is 1. The van der Waals surface area contributed by atoms with Gasteiger partial charge in [-0.05, 0) is 0 Å². The molecule has 0 radical (unpaired) electrons. The van der Waals surface area contributed by atoms with Crippen molar-refractivity contribution in [3.05, 3.63) is 12.3 Å². The molecule has 2 N–H and O–H groups in total. The fourth-order valence-corrected chi connectivity index (χ4v) is 0.386. The lowest BCUT2D eigenvalue weighted by Gasteiger charge is -1.84. The van der Waals surface area contributed by atoms with E-state index in [0.29, 0.717) is 0 Å². The van der Waals surface area contributed by atoms with Crippen LogP contribution in [0.4, 0.5) is 0 Å². The van der Waals surface area contributed by atoms with Crippen molar-refractivity contribution in [2.75, 3.05) is 13.1 Å². The van der Waals surface area contributed by atoms with Gasteiger partial charge in [0.25, 0.3) is 0 Å². The van der Waals surface area contributed by atoms with Crippen molar-refractivity contribution < 1.29 is 4.79 Å². The molecule has 3 nitrogen and oxygen atoms in total. The maximum Gasteiger partial charge on any atom is 0.242 e. The summed E-state index contributed by atoms with van der Waals surface area (Å²) in [5.41, 5.74) is 4.82. The second-order valence-electron chi connectivity index (χ2n) is 1.75. The first-order valence-corrected chi connectivity index (χ1v) is 2.51. The summed E-state index contributed by atoms with van der Waals surface area (Å²) in [5, 5.41) is 0. The van der Waals surface area contributed by atoms with E-state index in [9.17, 15) is 4.79 Å². The van der Waals surface area contributed by atoms with E-state index in [4.69, 9.17) is 5.73 Å². The molecule has 1 aliphatic rings. The van der Waals surface area contributed by atoms with Gasteiger partial charge in [-0.15, -0.1) is 0 Å². The normalized spacial score (nSPS) is 17.2. The third-order valence-electron chi connectivity index (χ3n) is 0.931. The SMILES string of the molecule is NC(=O)C=CN1CC1.